The van der Waals surface area contributed by atoms with Crippen LogP contribution in [-0.2, 0) is 10.0 Å². The van der Waals surface area contributed by atoms with Crippen LogP contribution in [0.4, 0.5) is 0 Å². The van der Waals surface area contributed by atoms with E-state index in [0.29, 0.717) is 5.75 Å². The third-order valence-electron chi connectivity index (χ3n) is 4.33. The first kappa shape index (κ1) is 18.6. The fourth-order valence-electron chi connectivity index (χ4n) is 2.94. The highest BCUT2D eigenvalue weighted by Crippen LogP contribution is 2.28. The van der Waals surface area contributed by atoms with Crippen molar-refractivity contribution in [3.63, 3.8) is 0 Å². The second kappa shape index (κ2) is 7.37. The molecule has 1 aliphatic rings. The normalized spacial score (nSPS) is 13.8. The van der Waals surface area contributed by atoms with Crippen molar-refractivity contribution in [2.75, 3.05) is 0 Å². The zero-order valence-corrected chi connectivity index (χ0v) is 15.8. The maximum atomic E-state index is 13.1. The van der Waals surface area contributed by atoms with Crippen molar-refractivity contribution in [2.24, 2.45) is 0 Å². The molecule has 1 N–H and O–H groups in total. The van der Waals surface area contributed by atoms with Gasteiger partial charge in [-0.3, -0.25) is 14.3 Å². The number of ether oxygens (including phenoxy) is 1. The quantitative estimate of drug-likeness (QED) is 0.703. The van der Waals surface area contributed by atoms with Crippen LogP contribution in [0.5, 0.6) is 5.75 Å². The summed E-state index contributed by atoms with van der Waals surface area (Å²) in [5.74, 6) is -1.26. The summed E-state index contributed by atoms with van der Waals surface area (Å²) in [6, 6.07) is 22.2. The fraction of sp³-hybridized carbons (Fsp3) is 0. The van der Waals surface area contributed by atoms with Gasteiger partial charge in [-0.05, 0) is 24.3 Å². The lowest BCUT2D eigenvalue weighted by Gasteiger charge is -2.21. The highest BCUT2D eigenvalue weighted by atomic mass is 32.2. The first-order chi connectivity index (χ1) is 14.0. The molecule has 1 aliphatic carbocycles. The van der Waals surface area contributed by atoms with E-state index in [1.165, 1.54) is 24.3 Å². The van der Waals surface area contributed by atoms with E-state index in [4.69, 9.17) is 4.74 Å². The minimum absolute atomic E-state index is 0.0364. The van der Waals surface area contributed by atoms with Gasteiger partial charge in [0, 0.05) is 11.1 Å². The molecule has 3 aromatic rings. The minimum atomic E-state index is -4.10. The lowest BCUT2D eigenvalue weighted by Crippen LogP contribution is -2.35. The molecule has 0 heterocycles. The third-order valence-corrected chi connectivity index (χ3v) is 5.70. The number of para-hydroxylation sites is 1. The zero-order valence-electron chi connectivity index (χ0n) is 15.0. The Bertz CT molecular complexity index is 1230. The molecule has 0 spiro atoms. The lowest BCUT2D eigenvalue weighted by molar-refractivity contribution is 0.0933. The maximum absolute atomic E-state index is 13.1. The van der Waals surface area contributed by atoms with Gasteiger partial charge in [0.25, 0.3) is 10.0 Å². The fourth-order valence-corrected chi connectivity index (χ4v) is 4.03. The Morgan fingerprint density at radius 2 is 1.17 bits per heavy atom. The van der Waals surface area contributed by atoms with E-state index < -0.39 is 27.3 Å². The van der Waals surface area contributed by atoms with Gasteiger partial charge in [-0.25, -0.2) is 8.42 Å². The summed E-state index contributed by atoms with van der Waals surface area (Å²) in [6.07, 6.45) is 0. The van der Waals surface area contributed by atoms with Gasteiger partial charge >= 0.3 is 0 Å². The number of allylic oxidation sites excluding steroid dienone is 2. The number of rotatable bonds is 5. The average molecular weight is 405 g/mol. The van der Waals surface area contributed by atoms with Gasteiger partial charge in [0.1, 0.15) is 11.4 Å². The van der Waals surface area contributed by atoms with Crippen LogP contribution < -0.4 is 9.46 Å². The van der Waals surface area contributed by atoms with Gasteiger partial charge in [-0.1, -0.05) is 60.7 Å². The van der Waals surface area contributed by atoms with Gasteiger partial charge in [0.2, 0.25) is 17.3 Å². The zero-order chi connectivity index (χ0) is 20.4. The van der Waals surface area contributed by atoms with Crippen LogP contribution in [0.25, 0.3) is 0 Å². The number of nitrogens with one attached hydrogen (secondary N) is 1. The lowest BCUT2D eigenvalue weighted by atomic mass is 9.91. The van der Waals surface area contributed by atoms with E-state index in [2.05, 4.69) is 4.72 Å². The molecule has 29 heavy (non-hydrogen) atoms. The molecule has 4 rings (SSSR count). The molecule has 0 amide bonds. The second-order valence-corrected chi connectivity index (χ2v) is 7.92. The van der Waals surface area contributed by atoms with Crippen molar-refractivity contribution in [2.45, 2.75) is 4.90 Å². The van der Waals surface area contributed by atoms with Crippen molar-refractivity contribution in [3.05, 3.63) is 108 Å². The monoisotopic (exact) mass is 405 g/mol. The maximum Gasteiger partial charge on any atom is 0.262 e. The summed E-state index contributed by atoms with van der Waals surface area (Å²) in [7, 11) is -4.10. The molecule has 6 nitrogen and oxygen atoms in total. The summed E-state index contributed by atoms with van der Waals surface area (Å²) in [4.78, 5) is 26.0. The Morgan fingerprint density at radius 1 is 0.655 bits per heavy atom. The molecule has 0 bridgehead atoms. The molecular weight excluding hydrogens is 390 g/mol. The summed E-state index contributed by atoms with van der Waals surface area (Å²) >= 11 is 0. The number of Topliss-reactive ketones (excluding diaryl/α,β-unsaturated/α-hetero) is 2. The van der Waals surface area contributed by atoms with Gasteiger partial charge in [0.15, 0.2) is 0 Å². The predicted molar refractivity (Wildman–Crippen MR) is 106 cm³/mol. The van der Waals surface area contributed by atoms with Gasteiger partial charge in [-0.15, -0.1) is 0 Å². The number of carbonyl (C=O) groups excluding carboxylic acids is 2. The summed E-state index contributed by atoms with van der Waals surface area (Å²) in [5, 5.41) is 0. The van der Waals surface area contributed by atoms with Crippen LogP contribution in [0.2, 0.25) is 0 Å². The topological polar surface area (TPSA) is 89.5 Å². The highest BCUT2D eigenvalue weighted by Gasteiger charge is 2.36. The largest absolute Gasteiger partial charge is 0.451 e. The van der Waals surface area contributed by atoms with E-state index in [1.807, 2.05) is 0 Å². The molecule has 7 heteroatoms. The SMILES string of the molecule is O=C1C(NS(=O)(=O)c2ccccc2)=C(Oc2ccccc2)C(=O)c2ccccc21. The Balaban J connectivity index is 1.84. The molecule has 0 aliphatic heterocycles. The molecule has 0 aromatic heterocycles. The summed E-state index contributed by atoms with van der Waals surface area (Å²) in [6.45, 7) is 0. The Kier molecular flexibility index (Phi) is 4.74. The molecule has 144 valence electrons. The van der Waals surface area contributed by atoms with E-state index in [-0.39, 0.29) is 21.8 Å². The van der Waals surface area contributed by atoms with Crippen LogP contribution in [0, 0.1) is 0 Å². The third kappa shape index (κ3) is 3.55. The number of fused-ring (bicyclic) bond motifs is 1. The van der Waals surface area contributed by atoms with Crippen molar-refractivity contribution in [3.8, 4) is 5.75 Å². The van der Waals surface area contributed by atoms with E-state index in [9.17, 15) is 18.0 Å². The van der Waals surface area contributed by atoms with Crippen LogP contribution in [0.1, 0.15) is 20.7 Å². The number of sulfonamides is 1. The number of hydrogen-bond donors (Lipinski definition) is 1. The van der Waals surface area contributed by atoms with Crippen molar-refractivity contribution < 1.29 is 22.7 Å². The molecule has 0 unspecified atom stereocenters. The average Bonchev–Trinajstić information content (AvgIpc) is 2.76. The molecule has 0 atom stereocenters. The minimum Gasteiger partial charge on any atom is -0.451 e. The first-order valence-corrected chi connectivity index (χ1v) is 10.2. The Labute approximate surface area is 167 Å². The number of ketones is 2. The smallest absolute Gasteiger partial charge is 0.262 e. The number of carbonyl (C=O) groups is 2. The van der Waals surface area contributed by atoms with Crippen LogP contribution >= 0.6 is 0 Å². The van der Waals surface area contributed by atoms with Crippen molar-refractivity contribution in [1.82, 2.24) is 4.72 Å². The standard InChI is InChI=1S/C22H15NO5S/c24-20-17-13-7-8-14-18(17)21(25)22(28-15-9-3-1-4-10-15)19(20)23-29(26,27)16-11-5-2-6-12-16/h1-14,23H. The number of hydrogen-bond acceptors (Lipinski definition) is 5. The van der Waals surface area contributed by atoms with Gasteiger partial charge < -0.3 is 4.74 Å². The Morgan fingerprint density at radius 3 is 1.79 bits per heavy atom. The second-order valence-electron chi connectivity index (χ2n) is 6.24. The Hall–Kier alpha value is -3.71. The molecule has 0 saturated carbocycles. The highest BCUT2D eigenvalue weighted by molar-refractivity contribution is 7.89. The van der Waals surface area contributed by atoms with Crippen LogP contribution in [0.3, 0.4) is 0 Å². The summed E-state index contributed by atoms with van der Waals surface area (Å²) in [5.41, 5.74) is -0.142. The molecule has 0 radical (unpaired) electrons. The van der Waals surface area contributed by atoms with Crippen molar-refractivity contribution >= 4 is 21.6 Å². The van der Waals surface area contributed by atoms with Gasteiger partial charge in [-0.2, -0.15) is 0 Å². The predicted octanol–water partition coefficient (Wildman–Crippen LogP) is 3.33. The molecule has 3 aromatic carbocycles. The number of benzene rings is 3. The van der Waals surface area contributed by atoms with E-state index >= 15 is 0 Å². The van der Waals surface area contributed by atoms with E-state index in [1.54, 1.807) is 60.7 Å². The van der Waals surface area contributed by atoms with Crippen molar-refractivity contribution in [1.29, 1.82) is 0 Å². The molecular formula is C22H15NO5S. The first-order valence-electron chi connectivity index (χ1n) is 8.71. The van der Waals surface area contributed by atoms with Gasteiger partial charge in [0.05, 0.1) is 4.90 Å². The summed E-state index contributed by atoms with van der Waals surface area (Å²) < 4.78 is 33.5. The van der Waals surface area contributed by atoms with Crippen LogP contribution in [-0.4, -0.2) is 20.0 Å². The van der Waals surface area contributed by atoms with E-state index in [0.717, 1.165) is 0 Å². The van der Waals surface area contributed by atoms with Crippen LogP contribution in [0.15, 0.2) is 101 Å². The molecule has 0 fully saturated rings. The molecule has 0 saturated heterocycles.